The van der Waals surface area contributed by atoms with Crippen LogP contribution in [0.25, 0.3) is 10.9 Å². The molecule has 0 radical (unpaired) electrons. The van der Waals surface area contributed by atoms with E-state index < -0.39 is 0 Å². The molecule has 29 heavy (non-hydrogen) atoms. The van der Waals surface area contributed by atoms with Gasteiger partial charge in [0.05, 0.1) is 23.2 Å². The maximum Gasteiger partial charge on any atom is 0.282 e. The molecular weight excluding hydrogens is 430 g/mol. The van der Waals surface area contributed by atoms with Crippen molar-refractivity contribution in [1.29, 1.82) is 0 Å². The summed E-state index contributed by atoms with van der Waals surface area (Å²) in [7, 11) is 0. The summed E-state index contributed by atoms with van der Waals surface area (Å²) in [4.78, 5) is 18.0. The van der Waals surface area contributed by atoms with Crippen LogP contribution in [0.15, 0.2) is 56.8 Å². The lowest BCUT2D eigenvalue weighted by Gasteiger charge is -2.15. The summed E-state index contributed by atoms with van der Waals surface area (Å²) in [5, 5.41) is 5.07. The van der Waals surface area contributed by atoms with Crippen molar-refractivity contribution < 1.29 is 4.74 Å². The molecule has 3 rings (SSSR count). The molecule has 0 aliphatic carbocycles. The largest absolute Gasteiger partial charge is 0.490 e. The molecule has 0 aliphatic heterocycles. The Balaban J connectivity index is 2.12. The summed E-state index contributed by atoms with van der Waals surface area (Å²) in [6, 6.07) is 13.3. The molecule has 5 nitrogen and oxygen atoms in total. The number of nitrogens with zero attached hydrogens (tertiary/aromatic N) is 3. The molecular formula is C23H26BrN3O2. The second kappa shape index (κ2) is 9.35. The predicted octanol–water partition coefficient (Wildman–Crippen LogP) is 5.73. The van der Waals surface area contributed by atoms with Crippen LogP contribution in [0.4, 0.5) is 0 Å². The SMILES string of the molecule is CC[C@H](C)Oc1ccccc1C=Nn1c([C@@H](C)CC)nc2ccc(Br)cc2c1=O. The van der Waals surface area contributed by atoms with E-state index in [1.165, 1.54) is 4.68 Å². The van der Waals surface area contributed by atoms with Gasteiger partial charge < -0.3 is 4.74 Å². The van der Waals surface area contributed by atoms with Gasteiger partial charge in [-0.1, -0.05) is 48.8 Å². The fourth-order valence-electron chi connectivity index (χ4n) is 2.89. The molecule has 1 heterocycles. The molecule has 1 aromatic heterocycles. The van der Waals surface area contributed by atoms with Gasteiger partial charge in [0, 0.05) is 16.0 Å². The normalized spacial score (nSPS) is 13.7. The summed E-state index contributed by atoms with van der Waals surface area (Å²) >= 11 is 3.44. The van der Waals surface area contributed by atoms with Gasteiger partial charge in [-0.25, -0.2) is 4.98 Å². The molecule has 3 aromatic rings. The molecule has 0 aliphatic rings. The fraction of sp³-hybridized carbons (Fsp3) is 0.348. The van der Waals surface area contributed by atoms with Crippen molar-refractivity contribution in [2.75, 3.05) is 0 Å². The zero-order valence-electron chi connectivity index (χ0n) is 17.2. The van der Waals surface area contributed by atoms with Crippen LogP contribution in [0.5, 0.6) is 5.75 Å². The summed E-state index contributed by atoms with van der Waals surface area (Å²) in [6.45, 7) is 8.24. The maximum atomic E-state index is 13.2. The molecule has 2 atom stereocenters. The Kier molecular flexibility index (Phi) is 6.85. The lowest BCUT2D eigenvalue weighted by Crippen LogP contribution is -2.23. The first kappa shape index (κ1) is 21.2. The number of hydrogen-bond donors (Lipinski definition) is 0. The number of para-hydroxylation sites is 1. The number of hydrogen-bond acceptors (Lipinski definition) is 4. The van der Waals surface area contributed by atoms with Crippen molar-refractivity contribution in [2.45, 2.75) is 52.6 Å². The minimum atomic E-state index is -0.178. The highest BCUT2D eigenvalue weighted by Crippen LogP contribution is 2.22. The van der Waals surface area contributed by atoms with Gasteiger partial charge in [-0.15, -0.1) is 0 Å². The summed E-state index contributed by atoms with van der Waals surface area (Å²) in [5.41, 5.74) is 1.33. The molecule has 152 valence electrons. The molecule has 0 spiro atoms. The predicted molar refractivity (Wildman–Crippen MR) is 122 cm³/mol. The fourth-order valence-corrected chi connectivity index (χ4v) is 3.25. The second-order valence-electron chi connectivity index (χ2n) is 7.18. The first-order valence-corrected chi connectivity index (χ1v) is 10.8. The maximum absolute atomic E-state index is 13.2. The lowest BCUT2D eigenvalue weighted by atomic mass is 10.1. The smallest absolute Gasteiger partial charge is 0.282 e. The minimum absolute atomic E-state index is 0.0968. The molecule has 0 fully saturated rings. The molecule has 2 aromatic carbocycles. The number of rotatable bonds is 7. The van der Waals surface area contributed by atoms with Crippen LogP contribution in [0.2, 0.25) is 0 Å². The Morgan fingerprint density at radius 2 is 1.93 bits per heavy atom. The van der Waals surface area contributed by atoms with E-state index in [2.05, 4.69) is 41.8 Å². The van der Waals surface area contributed by atoms with E-state index in [0.29, 0.717) is 16.7 Å². The van der Waals surface area contributed by atoms with Gasteiger partial charge >= 0.3 is 0 Å². The molecule has 0 unspecified atom stereocenters. The molecule has 0 saturated heterocycles. The summed E-state index contributed by atoms with van der Waals surface area (Å²) in [5.74, 6) is 1.50. The summed E-state index contributed by atoms with van der Waals surface area (Å²) in [6.07, 6.45) is 3.54. The Morgan fingerprint density at radius 1 is 1.17 bits per heavy atom. The number of ether oxygens (including phenoxy) is 1. The van der Waals surface area contributed by atoms with Crippen molar-refractivity contribution >= 4 is 33.0 Å². The molecule has 0 N–H and O–H groups in total. The summed E-state index contributed by atoms with van der Waals surface area (Å²) < 4.78 is 8.25. The van der Waals surface area contributed by atoms with E-state index >= 15 is 0 Å². The highest BCUT2D eigenvalue weighted by Gasteiger charge is 2.16. The average Bonchev–Trinajstić information content (AvgIpc) is 2.73. The quantitative estimate of drug-likeness (QED) is 0.427. The van der Waals surface area contributed by atoms with Crippen LogP contribution < -0.4 is 10.3 Å². The van der Waals surface area contributed by atoms with Crippen molar-refractivity contribution in [3.63, 3.8) is 0 Å². The third-order valence-corrected chi connectivity index (χ3v) is 5.51. The number of benzene rings is 2. The lowest BCUT2D eigenvalue weighted by molar-refractivity contribution is 0.217. The van der Waals surface area contributed by atoms with E-state index in [9.17, 15) is 4.79 Å². The van der Waals surface area contributed by atoms with Crippen LogP contribution in [-0.4, -0.2) is 22.0 Å². The zero-order chi connectivity index (χ0) is 21.0. The van der Waals surface area contributed by atoms with Crippen LogP contribution in [-0.2, 0) is 0 Å². The first-order valence-electron chi connectivity index (χ1n) is 9.96. The minimum Gasteiger partial charge on any atom is -0.490 e. The van der Waals surface area contributed by atoms with E-state index in [4.69, 9.17) is 9.72 Å². The Hall–Kier alpha value is -2.47. The van der Waals surface area contributed by atoms with E-state index in [-0.39, 0.29) is 17.6 Å². The molecule has 0 amide bonds. The van der Waals surface area contributed by atoms with E-state index in [1.807, 2.05) is 43.3 Å². The number of fused-ring (bicyclic) bond motifs is 1. The molecule has 0 bridgehead atoms. The van der Waals surface area contributed by atoms with Crippen molar-refractivity contribution in [3.8, 4) is 5.75 Å². The topological polar surface area (TPSA) is 56.5 Å². The molecule has 6 heteroatoms. The van der Waals surface area contributed by atoms with Gasteiger partial charge in [0.2, 0.25) is 0 Å². The highest BCUT2D eigenvalue weighted by atomic mass is 79.9. The Morgan fingerprint density at radius 3 is 2.66 bits per heavy atom. The average molecular weight is 456 g/mol. The first-order chi connectivity index (χ1) is 13.9. The third kappa shape index (κ3) is 4.75. The van der Waals surface area contributed by atoms with Crippen LogP contribution in [0, 0.1) is 0 Å². The molecule has 0 saturated carbocycles. The van der Waals surface area contributed by atoms with Crippen molar-refractivity contribution in [2.24, 2.45) is 5.10 Å². The van der Waals surface area contributed by atoms with Gasteiger partial charge in [0.15, 0.2) is 0 Å². The number of halogens is 1. The van der Waals surface area contributed by atoms with Gasteiger partial charge in [-0.05, 0) is 50.1 Å². The Bertz CT molecular complexity index is 1090. The highest BCUT2D eigenvalue weighted by molar-refractivity contribution is 9.10. The van der Waals surface area contributed by atoms with Crippen molar-refractivity contribution in [3.05, 3.63) is 68.7 Å². The van der Waals surface area contributed by atoms with Crippen LogP contribution in [0.1, 0.15) is 57.8 Å². The van der Waals surface area contributed by atoms with E-state index in [0.717, 1.165) is 28.6 Å². The Labute approximate surface area is 179 Å². The van der Waals surface area contributed by atoms with Crippen LogP contribution in [0.3, 0.4) is 0 Å². The van der Waals surface area contributed by atoms with Gasteiger partial charge in [0.25, 0.3) is 5.56 Å². The van der Waals surface area contributed by atoms with Crippen molar-refractivity contribution in [1.82, 2.24) is 9.66 Å². The standard InChI is InChI=1S/C23H26BrN3O2/c1-5-15(3)22-26-20-12-11-18(24)13-19(20)23(28)27(22)25-14-17-9-7-8-10-21(17)29-16(4)6-2/h7-16H,5-6H2,1-4H3/t15-,16-/m0/s1. The van der Waals surface area contributed by atoms with E-state index in [1.54, 1.807) is 12.3 Å². The number of aromatic nitrogens is 2. The third-order valence-electron chi connectivity index (χ3n) is 5.02. The monoisotopic (exact) mass is 455 g/mol. The second-order valence-corrected chi connectivity index (χ2v) is 8.09. The van der Waals surface area contributed by atoms with Crippen LogP contribution >= 0.6 is 15.9 Å². The van der Waals surface area contributed by atoms with Gasteiger partial charge in [-0.3, -0.25) is 4.79 Å². The zero-order valence-corrected chi connectivity index (χ0v) is 18.8. The van der Waals surface area contributed by atoms with Gasteiger partial charge in [0.1, 0.15) is 11.6 Å². The van der Waals surface area contributed by atoms with Gasteiger partial charge in [-0.2, -0.15) is 9.78 Å².